The smallest absolute Gasteiger partial charge is 0.207 e. The van der Waals surface area contributed by atoms with Crippen LogP contribution in [0.2, 0.25) is 0 Å². The van der Waals surface area contributed by atoms with E-state index in [1.165, 1.54) is 16.4 Å². The van der Waals surface area contributed by atoms with Crippen LogP contribution in [-0.4, -0.2) is 25.8 Å². The summed E-state index contributed by atoms with van der Waals surface area (Å²) in [5.74, 6) is -0.258. The molecule has 1 aromatic rings. The molecule has 1 aliphatic carbocycles. The van der Waals surface area contributed by atoms with Gasteiger partial charge in [-0.3, -0.25) is 0 Å². The standard InChI is InChI=1S/C13H17BrFNO2S/c1-2-7-16(9-10-3-4-10)19(17,18)13-6-5-11(14)8-12(13)15/h5-6,8,10H,2-4,7,9H2,1H3. The first-order chi connectivity index (χ1) is 8.95. The van der Waals surface area contributed by atoms with E-state index in [1.54, 1.807) is 6.07 Å². The van der Waals surface area contributed by atoms with Crippen LogP contribution >= 0.6 is 15.9 Å². The Hall–Kier alpha value is -0.460. The van der Waals surface area contributed by atoms with Crippen LogP contribution in [0.3, 0.4) is 0 Å². The molecule has 0 amide bonds. The number of halogens is 2. The Balaban J connectivity index is 2.31. The summed E-state index contributed by atoms with van der Waals surface area (Å²) in [6.45, 7) is 2.87. The first kappa shape index (κ1) is 14.9. The van der Waals surface area contributed by atoms with Crippen molar-refractivity contribution in [1.82, 2.24) is 4.31 Å². The molecule has 3 nitrogen and oxygen atoms in total. The third kappa shape index (κ3) is 3.55. The minimum Gasteiger partial charge on any atom is -0.207 e. The Kier molecular flexibility index (Phi) is 4.63. The lowest BCUT2D eigenvalue weighted by Crippen LogP contribution is -2.34. The lowest BCUT2D eigenvalue weighted by atomic mass is 10.3. The molecule has 0 saturated heterocycles. The van der Waals surface area contributed by atoms with Gasteiger partial charge in [0.05, 0.1) is 0 Å². The first-order valence-corrected chi connectivity index (χ1v) is 8.63. The second-order valence-electron chi connectivity index (χ2n) is 4.88. The molecule has 0 unspecified atom stereocenters. The molecular weight excluding hydrogens is 333 g/mol. The quantitative estimate of drug-likeness (QED) is 0.789. The van der Waals surface area contributed by atoms with Crippen LogP contribution in [0.4, 0.5) is 4.39 Å². The summed E-state index contributed by atoms with van der Waals surface area (Å²) in [6, 6.07) is 4.07. The number of hydrogen-bond donors (Lipinski definition) is 0. The molecule has 2 rings (SSSR count). The van der Waals surface area contributed by atoms with Gasteiger partial charge < -0.3 is 0 Å². The summed E-state index contributed by atoms with van der Waals surface area (Å²) < 4.78 is 40.8. The zero-order valence-corrected chi connectivity index (χ0v) is 13.2. The van der Waals surface area contributed by atoms with Gasteiger partial charge >= 0.3 is 0 Å². The monoisotopic (exact) mass is 349 g/mol. The average molecular weight is 350 g/mol. The van der Waals surface area contributed by atoms with E-state index in [9.17, 15) is 12.8 Å². The van der Waals surface area contributed by atoms with Gasteiger partial charge in [0.1, 0.15) is 10.7 Å². The fraction of sp³-hybridized carbons (Fsp3) is 0.538. The van der Waals surface area contributed by atoms with Crippen molar-refractivity contribution in [3.8, 4) is 0 Å². The van der Waals surface area contributed by atoms with Crippen molar-refractivity contribution in [3.05, 3.63) is 28.5 Å². The van der Waals surface area contributed by atoms with Gasteiger partial charge in [0.15, 0.2) is 0 Å². The van der Waals surface area contributed by atoms with Crippen molar-refractivity contribution in [3.63, 3.8) is 0 Å². The Morgan fingerprint density at radius 2 is 2.11 bits per heavy atom. The number of sulfonamides is 1. The van der Waals surface area contributed by atoms with Gasteiger partial charge in [-0.25, -0.2) is 12.8 Å². The van der Waals surface area contributed by atoms with E-state index in [0.717, 1.165) is 19.3 Å². The molecule has 1 saturated carbocycles. The van der Waals surface area contributed by atoms with Crippen LogP contribution in [0, 0.1) is 11.7 Å². The normalized spacial score (nSPS) is 16.0. The second kappa shape index (κ2) is 5.89. The van der Waals surface area contributed by atoms with Gasteiger partial charge in [-0.2, -0.15) is 4.31 Å². The predicted molar refractivity (Wildman–Crippen MR) is 75.9 cm³/mol. The Labute approximate surface area is 122 Å². The summed E-state index contributed by atoms with van der Waals surface area (Å²) in [5.41, 5.74) is 0. The fourth-order valence-corrected chi connectivity index (χ4v) is 3.96. The maximum Gasteiger partial charge on any atom is 0.245 e. The van der Waals surface area contributed by atoms with Crippen molar-refractivity contribution >= 4 is 26.0 Å². The van der Waals surface area contributed by atoms with Crippen LogP contribution in [0.15, 0.2) is 27.6 Å². The summed E-state index contributed by atoms with van der Waals surface area (Å²) in [6.07, 6.45) is 2.86. The third-order valence-corrected chi connectivity index (χ3v) is 5.54. The molecule has 0 aromatic heterocycles. The molecule has 1 aromatic carbocycles. The van der Waals surface area contributed by atoms with Gasteiger partial charge in [-0.1, -0.05) is 22.9 Å². The van der Waals surface area contributed by atoms with E-state index in [-0.39, 0.29) is 4.90 Å². The van der Waals surface area contributed by atoms with Crippen molar-refractivity contribution in [1.29, 1.82) is 0 Å². The number of benzene rings is 1. The van der Waals surface area contributed by atoms with Crippen LogP contribution in [0.5, 0.6) is 0 Å². The molecule has 19 heavy (non-hydrogen) atoms. The molecule has 0 heterocycles. The maximum absolute atomic E-state index is 13.9. The Bertz CT molecular complexity index is 558. The summed E-state index contributed by atoms with van der Waals surface area (Å²) in [4.78, 5) is -0.232. The predicted octanol–water partition coefficient (Wildman–Crippen LogP) is 3.40. The van der Waals surface area contributed by atoms with E-state index in [0.29, 0.717) is 23.5 Å². The van der Waals surface area contributed by atoms with Gasteiger partial charge in [0.25, 0.3) is 0 Å². The van der Waals surface area contributed by atoms with Gasteiger partial charge in [-0.05, 0) is 43.4 Å². The molecular formula is C13H17BrFNO2S. The highest BCUT2D eigenvalue weighted by molar-refractivity contribution is 9.10. The van der Waals surface area contributed by atoms with E-state index in [4.69, 9.17) is 0 Å². The summed E-state index contributed by atoms with van der Waals surface area (Å²) in [7, 11) is -3.73. The van der Waals surface area contributed by atoms with Crippen molar-refractivity contribution in [2.24, 2.45) is 5.92 Å². The van der Waals surface area contributed by atoms with Crippen molar-refractivity contribution in [2.75, 3.05) is 13.1 Å². The highest BCUT2D eigenvalue weighted by Crippen LogP contribution is 2.32. The molecule has 6 heteroatoms. The third-order valence-electron chi connectivity index (χ3n) is 3.14. The Morgan fingerprint density at radius 3 is 2.63 bits per heavy atom. The number of rotatable bonds is 6. The summed E-state index contributed by atoms with van der Waals surface area (Å²) in [5, 5.41) is 0. The van der Waals surface area contributed by atoms with E-state index < -0.39 is 15.8 Å². The molecule has 106 valence electrons. The minimum atomic E-state index is -3.73. The largest absolute Gasteiger partial charge is 0.245 e. The topological polar surface area (TPSA) is 37.4 Å². The average Bonchev–Trinajstić information content (AvgIpc) is 3.11. The van der Waals surface area contributed by atoms with Gasteiger partial charge in [0.2, 0.25) is 10.0 Å². The molecule has 0 spiro atoms. The highest BCUT2D eigenvalue weighted by Gasteiger charge is 2.32. The maximum atomic E-state index is 13.9. The molecule has 0 bridgehead atoms. The zero-order chi connectivity index (χ0) is 14.0. The number of hydrogen-bond acceptors (Lipinski definition) is 2. The molecule has 0 N–H and O–H groups in total. The van der Waals surface area contributed by atoms with Gasteiger partial charge in [0, 0.05) is 17.6 Å². The SMILES string of the molecule is CCCN(CC1CC1)S(=O)(=O)c1ccc(Br)cc1F. The van der Waals surface area contributed by atoms with Crippen LogP contribution in [0.1, 0.15) is 26.2 Å². The van der Waals surface area contributed by atoms with E-state index in [1.807, 2.05) is 6.92 Å². The molecule has 0 radical (unpaired) electrons. The molecule has 1 fully saturated rings. The minimum absolute atomic E-state index is 0.232. The van der Waals surface area contributed by atoms with Crippen molar-refractivity contribution < 1.29 is 12.8 Å². The first-order valence-electron chi connectivity index (χ1n) is 6.40. The summed E-state index contributed by atoms with van der Waals surface area (Å²) >= 11 is 3.13. The lowest BCUT2D eigenvalue weighted by Gasteiger charge is -2.21. The van der Waals surface area contributed by atoms with E-state index >= 15 is 0 Å². The van der Waals surface area contributed by atoms with Gasteiger partial charge in [-0.15, -0.1) is 0 Å². The lowest BCUT2D eigenvalue weighted by molar-refractivity contribution is 0.392. The van der Waals surface area contributed by atoms with E-state index in [2.05, 4.69) is 15.9 Å². The number of nitrogens with zero attached hydrogens (tertiary/aromatic N) is 1. The molecule has 0 atom stereocenters. The second-order valence-corrected chi connectivity index (χ2v) is 7.70. The fourth-order valence-electron chi connectivity index (χ4n) is 1.97. The van der Waals surface area contributed by atoms with Crippen LogP contribution < -0.4 is 0 Å². The molecule has 1 aliphatic rings. The van der Waals surface area contributed by atoms with Crippen molar-refractivity contribution in [2.45, 2.75) is 31.1 Å². The van der Waals surface area contributed by atoms with Crippen LogP contribution in [0.25, 0.3) is 0 Å². The van der Waals surface area contributed by atoms with Crippen LogP contribution in [-0.2, 0) is 10.0 Å². The Morgan fingerprint density at radius 1 is 1.42 bits per heavy atom. The molecule has 0 aliphatic heterocycles. The zero-order valence-electron chi connectivity index (χ0n) is 10.8. The highest BCUT2D eigenvalue weighted by atomic mass is 79.9.